The second kappa shape index (κ2) is 9.79. The van der Waals surface area contributed by atoms with Crippen LogP contribution < -0.4 is 0 Å². The van der Waals surface area contributed by atoms with Gasteiger partial charge in [-0.1, -0.05) is 6.58 Å². The van der Waals surface area contributed by atoms with E-state index in [0.29, 0.717) is 6.42 Å². The van der Waals surface area contributed by atoms with Gasteiger partial charge in [0, 0.05) is 24.6 Å². The van der Waals surface area contributed by atoms with Crippen molar-refractivity contribution >= 4 is 23.4 Å². The highest BCUT2D eigenvalue weighted by atomic mass is 16.6. The molecule has 0 saturated heterocycles. The van der Waals surface area contributed by atoms with Gasteiger partial charge in [0.05, 0.1) is 17.1 Å². The fraction of sp³-hybridized carbons (Fsp3) is 0.294. The zero-order valence-electron chi connectivity index (χ0n) is 13.6. The van der Waals surface area contributed by atoms with Gasteiger partial charge in [0.15, 0.2) is 6.61 Å². The number of nitro benzene ring substituents is 1. The van der Waals surface area contributed by atoms with Gasteiger partial charge >= 0.3 is 11.9 Å². The van der Waals surface area contributed by atoms with E-state index in [9.17, 15) is 24.5 Å². The van der Waals surface area contributed by atoms with Crippen LogP contribution in [0.15, 0.2) is 42.1 Å². The number of carbonyl (C=O) groups is 3. The molecule has 0 unspecified atom stereocenters. The lowest BCUT2D eigenvalue weighted by Gasteiger charge is -2.06. The summed E-state index contributed by atoms with van der Waals surface area (Å²) in [5.74, 6) is -1.59. The van der Waals surface area contributed by atoms with Crippen LogP contribution in [0.5, 0.6) is 0 Å². The van der Waals surface area contributed by atoms with E-state index in [1.54, 1.807) is 0 Å². The Kier molecular flexibility index (Phi) is 7.75. The number of benzene rings is 1. The molecule has 132 valence electrons. The van der Waals surface area contributed by atoms with Crippen molar-refractivity contribution in [2.75, 3.05) is 13.2 Å². The number of esters is 2. The van der Waals surface area contributed by atoms with E-state index in [0.717, 1.165) is 0 Å². The second-order valence-corrected chi connectivity index (χ2v) is 4.90. The highest BCUT2D eigenvalue weighted by Gasteiger charge is 2.13. The lowest BCUT2D eigenvalue weighted by molar-refractivity contribution is -0.384. The minimum Gasteiger partial charge on any atom is -0.462 e. The third-order valence-corrected chi connectivity index (χ3v) is 3.07. The number of carbonyl (C=O) groups excluding carboxylic acids is 3. The second-order valence-electron chi connectivity index (χ2n) is 4.90. The van der Waals surface area contributed by atoms with Crippen LogP contribution in [-0.2, 0) is 19.1 Å². The van der Waals surface area contributed by atoms with Crippen molar-refractivity contribution in [2.45, 2.75) is 19.8 Å². The van der Waals surface area contributed by atoms with Crippen LogP contribution in [-0.4, -0.2) is 35.9 Å². The molecule has 0 aliphatic carbocycles. The Balaban J connectivity index is 2.42. The molecule has 0 aliphatic heterocycles. The van der Waals surface area contributed by atoms with Crippen LogP contribution in [0, 0.1) is 10.1 Å². The van der Waals surface area contributed by atoms with E-state index >= 15 is 0 Å². The minimum atomic E-state index is -0.620. The van der Waals surface area contributed by atoms with Gasteiger partial charge < -0.3 is 9.47 Å². The smallest absolute Gasteiger partial charge is 0.338 e. The molecule has 0 spiro atoms. The largest absolute Gasteiger partial charge is 0.462 e. The Morgan fingerprint density at radius 1 is 1.20 bits per heavy atom. The Morgan fingerprint density at radius 2 is 1.84 bits per heavy atom. The number of rotatable bonds is 9. The summed E-state index contributed by atoms with van der Waals surface area (Å²) < 4.78 is 9.64. The maximum Gasteiger partial charge on any atom is 0.338 e. The lowest BCUT2D eigenvalue weighted by atomic mass is 10.1. The average molecular weight is 347 g/mol. The van der Waals surface area contributed by atoms with Crippen LogP contribution in [0.1, 0.15) is 30.1 Å². The summed E-state index contributed by atoms with van der Waals surface area (Å²) in [7, 11) is 0. The van der Waals surface area contributed by atoms with Crippen molar-refractivity contribution in [2.24, 2.45) is 0 Å². The molecule has 0 aliphatic rings. The summed E-state index contributed by atoms with van der Waals surface area (Å²) in [4.78, 5) is 44.2. The molecule has 0 amide bonds. The normalized spacial score (nSPS) is 9.64. The number of hydrogen-bond acceptors (Lipinski definition) is 7. The Hall–Kier alpha value is -3.25. The zero-order chi connectivity index (χ0) is 18.8. The molecule has 0 aromatic heterocycles. The Morgan fingerprint density at radius 3 is 2.36 bits per heavy atom. The van der Waals surface area contributed by atoms with Crippen LogP contribution in [0.3, 0.4) is 0 Å². The van der Waals surface area contributed by atoms with Gasteiger partial charge in [-0.15, -0.1) is 5.73 Å². The lowest BCUT2D eigenvalue weighted by Crippen LogP contribution is -2.14. The molecule has 0 N–H and O–H groups in total. The first-order valence-electron chi connectivity index (χ1n) is 7.32. The van der Waals surface area contributed by atoms with E-state index in [1.807, 2.05) is 0 Å². The summed E-state index contributed by atoms with van der Waals surface area (Å²) in [6, 6.07) is 5.03. The number of nitrogens with zero attached hydrogens (tertiary/aromatic N) is 1. The van der Waals surface area contributed by atoms with Gasteiger partial charge in [0.25, 0.3) is 5.69 Å². The molecule has 25 heavy (non-hydrogen) atoms. The molecule has 0 saturated carbocycles. The van der Waals surface area contributed by atoms with Gasteiger partial charge in [-0.2, -0.15) is 0 Å². The van der Waals surface area contributed by atoms with Crippen molar-refractivity contribution < 1.29 is 28.8 Å². The van der Waals surface area contributed by atoms with Crippen molar-refractivity contribution in [3.63, 3.8) is 0 Å². The first-order valence-corrected chi connectivity index (χ1v) is 7.32. The Labute approximate surface area is 143 Å². The standard InChI is InChI=1S/C17H17NO7/c1-3-13(16(20)11-25-12(2)19)5-4-10-24-17(21)14-6-8-15(9-7-14)18(22)23/h6-9H,1,4-5,10-11H2,2H3. The summed E-state index contributed by atoms with van der Waals surface area (Å²) in [6.07, 6.45) is 0.611. The number of ether oxygens (including phenoxy) is 2. The van der Waals surface area contributed by atoms with Crippen molar-refractivity contribution in [1.82, 2.24) is 0 Å². The molecule has 0 heterocycles. The van der Waals surface area contributed by atoms with E-state index in [4.69, 9.17) is 4.74 Å². The van der Waals surface area contributed by atoms with E-state index in [1.165, 1.54) is 31.2 Å². The zero-order valence-corrected chi connectivity index (χ0v) is 13.6. The highest BCUT2D eigenvalue weighted by molar-refractivity contribution is 5.96. The fourth-order valence-corrected chi connectivity index (χ4v) is 1.80. The summed E-state index contributed by atoms with van der Waals surface area (Å²) in [6.45, 7) is 4.27. The molecule has 0 atom stereocenters. The molecule has 1 rings (SSSR count). The summed E-state index contributed by atoms with van der Waals surface area (Å²) in [5.41, 5.74) is 2.81. The molecule has 1 aromatic rings. The predicted molar refractivity (Wildman–Crippen MR) is 86.9 cm³/mol. The third kappa shape index (κ3) is 6.80. The molecule has 1 aromatic carbocycles. The molecule has 0 bridgehead atoms. The van der Waals surface area contributed by atoms with Crippen LogP contribution in [0.25, 0.3) is 0 Å². The molecule has 0 radical (unpaired) electrons. The number of Topliss-reactive ketones (excluding diaryl/α,β-unsaturated/α-hetero) is 1. The first-order chi connectivity index (χ1) is 11.8. The number of hydrogen-bond donors (Lipinski definition) is 0. The maximum absolute atomic E-state index is 11.8. The highest BCUT2D eigenvalue weighted by Crippen LogP contribution is 2.13. The van der Waals surface area contributed by atoms with Gasteiger partial charge in [-0.05, 0) is 25.0 Å². The monoisotopic (exact) mass is 347 g/mol. The minimum absolute atomic E-state index is 0.0435. The van der Waals surface area contributed by atoms with Crippen LogP contribution in [0.2, 0.25) is 0 Å². The van der Waals surface area contributed by atoms with Crippen molar-refractivity contribution in [1.29, 1.82) is 0 Å². The molecule has 8 nitrogen and oxygen atoms in total. The Bertz CT molecular complexity index is 715. The summed E-state index contributed by atoms with van der Waals surface area (Å²) in [5, 5.41) is 10.5. The number of ketones is 1. The number of nitro groups is 1. The van der Waals surface area contributed by atoms with E-state index in [-0.39, 0.29) is 36.5 Å². The SMILES string of the molecule is C=C=C(CCCOC(=O)c1ccc([N+](=O)[O-])cc1)C(=O)COC(C)=O. The summed E-state index contributed by atoms with van der Waals surface area (Å²) >= 11 is 0. The van der Waals surface area contributed by atoms with Gasteiger partial charge in [0.2, 0.25) is 5.78 Å². The van der Waals surface area contributed by atoms with Crippen LogP contribution in [0.4, 0.5) is 5.69 Å². The molecular formula is C17H17NO7. The topological polar surface area (TPSA) is 113 Å². The van der Waals surface area contributed by atoms with Crippen molar-refractivity contribution in [3.8, 4) is 0 Å². The first kappa shape index (κ1) is 19.8. The van der Waals surface area contributed by atoms with E-state index in [2.05, 4.69) is 17.0 Å². The quantitative estimate of drug-likeness (QED) is 0.168. The van der Waals surface area contributed by atoms with Gasteiger partial charge in [-0.3, -0.25) is 19.7 Å². The van der Waals surface area contributed by atoms with Gasteiger partial charge in [-0.25, -0.2) is 4.79 Å². The van der Waals surface area contributed by atoms with E-state index < -0.39 is 22.6 Å². The fourth-order valence-electron chi connectivity index (χ4n) is 1.80. The predicted octanol–water partition coefficient (Wildman–Crippen LogP) is 2.38. The molecule has 8 heteroatoms. The average Bonchev–Trinajstić information content (AvgIpc) is 2.59. The third-order valence-electron chi connectivity index (χ3n) is 3.07. The van der Waals surface area contributed by atoms with Crippen LogP contribution >= 0.6 is 0 Å². The molecular weight excluding hydrogens is 330 g/mol. The number of non-ortho nitro benzene ring substituents is 1. The molecule has 0 fully saturated rings. The maximum atomic E-state index is 11.8. The van der Waals surface area contributed by atoms with Gasteiger partial charge in [0.1, 0.15) is 0 Å². The van der Waals surface area contributed by atoms with Crippen molar-refractivity contribution in [3.05, 3.63) is 57.8 Å².